The fraction of sp³-hybridized carbons (Fsp3) is 0.545. The van der Waals surface area contributed by atoms with Gasteiger partial charge in [0, 0.05) is 58.8 Å². The van der Waals surface area contributed by atoms with Crippen molar-refractivity contribution < 1.29 is 13.9 Å². The number of piperazine rings is 1. The molecule has 2 fully saturated rings. The van der Waals surface area contributed by atoms with Gasteiger partial charge in [0.2, 0.25) is 5.89 Å². The zero-order chi connectivity index (χ0) is 20.1. The number of oxazole rings is 1. The summed E-state index contributed by atoms with van der Waals surface area (Å²) in [6.07, 6.45) is 2.49. The first kappa shape index (κ1) is 20.1. The lowest BCUT2D eigenvalue weighted by atomic mass is 10.1. The second-order valence-corrected chi connectivity index (χ2v) is 8.03. The van der Waals surface area contributed by atoms with Gasteiger partial charge >= 0.3 is 0 Å². The predicted molar refractivity (Wildman–Crippen MR) is 109 cm³/mol. The van der Waals surface area contributed by atoms with Gasteiger partial charge in [0.15, 0.2) is 5.69 Å². The lowest BCUT2D eigenvalue weighted by Gasteiger charge is -2.34. The van der Waals surface area contributed by atoms with E-state index < -0.39 is 0 Å². The van der Waals surface area contributed by atoms with Crippen molar-refractivity contribution in [2.24, 2.45) is 5.92 Å². The van der Waals surface area contributed by atoms with Crippen LogP contribution in [0.25, 0.3) is 0 Å². The molecule has 2 aliphatic rings. The molecular weight excluding hydrogens is 368 g/mol. The summed E-state index contributed by atoms with van der Waals surface area (Å²) >= 11 is 0. The molecule has 4 rings (SSSR count). The maximum absolute atomic E-state index is 12.7. The molecule has 0 saturated carbocycles. The molecule has 2 aliphatic heterocycles. The van der Waals surface area contributed by atoms with Crippen LogP contribution in [0.15, 0.2) is 41.0 Å². The van der Waals surface area contributed by atoms with Crippen LogP contribution in [-0.4, -0.2) is 78.6 Å². The number of benzene rings is 1. The van der Waals surface area contributed by atoms with Crippen LogP contribution < -0.4 is 0 Å². The molecule has 2 saturated heterocycles. The van der Waals surface area contributed by atoms with Crippen molar-refractivity contribution in [2.75, 3.05) is 53.0 Å². The number of amides is 1. The zero-order valence-electron chi connectivity index (χ0n) is 17.1. The van der Waals surface area contributed by atoms with Crippen molar-refractivity contribution in [3.05, 3.63) is 53.7 Å². The first-order valence-electron chi connectivity index (χ1n) is 10.4. The van der Waals surface area contributed by atoms with E-state index in [1.807, 2.05) is 4.90 Å². The number of methoxy groups -OCH3 is 1. The highest BCUT2D eigenvalue weighted by Gasteiger charge is 2.29. The van der Waals surface area contributed by atoms with E-state index in [-0.39, 0.29) is 5.91 Å². The highest BCUT2D eigenvalue weighted by atomic mass is 16.5. The molecule has 1 amide bonds. The third-order valence-electron chi connectivity index (χ3n) is 5.82. The Morgan fingerprint density at radius 3 is 2.55 bits per heavy atom. The van der Waals surface area contributed by atoms with E-state index >= 15 is 0 Å². The Morgan fingerprint density at radius 2 is 1.83 bits per heavy atom. The van der Waals surface area contributed by atoms with Gasteiger partial charge in [0.25, 0.3) is 5.91 Å². The summed E-state index contributed by atoms with van der Waals surface area (Å²) in [5, 5.41) is 0. The van der Waals surface area contributed by atoms with E-state index in [1.54, 1.807) is 7.11 Å². The molecule has 0 bridgehead atoms. The zero-order valence-corrected chi connectivity index (χ0v) is 17.1. The topological polar surface area (TPSA) is 62.1 Å². The number of ether oxygens (including phenoxy) is 1. The highest BCUT2D eigenvalue weighted by molar-refractivity contribution is 5.92. The molecular formula is C22H30N4O3. The lowest BCUT2D eigenvalue weighted by molar-refractivity contribution is 0.0769. The third-order valence-corrected chi connectivity index (χ3v) is 5.82. The van der Waals surface area contributed by atoms with Crippen molar-refractivity contribution in [2.45, 2.75) is 19.5 Å². The van der Waals surface area contributed by atoms with Gasteiger partial charge in [-0.3, -0.25) is 14.6 Å². The molecule has 1 aromatic carbocycles. The van der Waals surface area contributed by atoms with E-state index in [1.165, 1.54) is 11.8 Å². The first-order valence-corrected chi connectivity index (χ1v) is 10.4. The van der Waals surface area contributed by atoms with Crippen LogP contribution in [-0.2, 0) is 17.8 Å². The number of likely N-dealkylation sites (tertiary alicyclic amines) is 1. The molecule has 1 unspecified atom stereocenters. The van der Waals surface area contributed by atoms with E-state index in [4.69, 9.17) is 9.15 Å². The smallest absolute Gasteiger partial charge is 0.275 e. The fourth-order valence-electron chi connectivity index (χ4n) is 4.17. The summed E-state index contributed by atoms with van der Waals surface area (Å²) < 4.78 is 10.8. The third kappa shape index (κ3) is 5.23. The summed E-state index contributed by atoms with van der Waals surface area (Å²) in [7, 11) is 1.70. The van der Waals surface area contributed by atoms with Gasteiger partial charge in [0.05, 0.1) is 13.2 Å². The van der Waals surface area contributed by atoms with Gasteiger partial charge in [-0.2, -0.15) is 0 Å². The SMILES string of the molecule is COCC1CCN(C(=O)c2coc(CN3CCN(Cc4ccccc4)CC3)n2)C1. The lowest BCUT2D eigenvalue weighted by Crippen LogP contribution is -2.45. The van der Waals surface area contributed by atoms with Crippen molar-refractivity contribution >= 4 is 5.91 Å². The van der Waals surface area contributed by atoms with E-state index in [2.05, 4.69) is 45.1 Å². The van der Waals surface area contributed by atoms with Crippen molar-refractivity contribution in [1.82, 2.24) is 19.7 Å². The Hall–Kier alpha value is -2.22. The molecule has 0 spiro atoms. The van der Waals surface area contributed by atoms with Crippen LogP contribution in [0.1, 0.15) is 28.4 Å². The maximum atomic E-state index is 12.7. The second-order valence-electron chi connectivity index (χ2n) is 8.03. The Kier molecular flexibility index (Phi) is 6.59. The van der Waals surface area contributed by atoms with E-state index in [0.717, 1.165) is 52.2 Å². The molecule has 0 aliphatic carbocycles. The summed E-state index contributed by atoms with van der Waals surface area (Å²) in [5.74, 6) is 1.01. The van der Waals surface area contributed by atoms with Gasteiger partial charge < -0.3 is 14.1 Å². The van der Waals surface area contributed by atoms with Crippen LogP contribution in [0.2, 0.25) is 0 Å². The summed E-state index contributed by atoms with van der Waals surface area (Å²) in [6.45, 7) is 7.84. The molecule has 29 heavy (non-hydrogen) atoms. The van der Waals surface area contributed by atoms with Gasteiger partial charge in [-0.1, -0.05) is 30.3 Å². The van der Waals surface area contributed by atoms with Crippen molar-refractivity contribution in [3.63, 3.8) is 0 Å². The van der Waals surface area contributed by atoms with Gasteiger partial charge in [-0.05, 0) is 12.0 Å². The average Bonchev–Trinajstić information content (AvgIpc) is 3.40. The number of hydrogen-bond acceptors (Lipinski definition) is 6. The number of nitrogens with zero attached hydrogens (tertiary/aromatic N) is 4. The monoisotopic (exact) mass is 398 g/mol. The predicted octanol–water partition coefficient (Wildman–Crippen LogP) is 2.10. The van der Waals surface area contributed by atoms with Crippen LogP contribution >= 0.6 is 0 Å². The number of rotatable bonds is 7. The summed E-state index contributed by atoms with van der Waals surface area (Å²) in [6, 6.07) is 10.6. The minimum atomic E-state index is -0.0358. The normalized spacial score (nSPS) is 21.0. The summed E-state index contributed by atoms with van der Waals surface area (Å²) in [5.41, 5.74) is 1.77. The molecule has 2 aromatic rings. The molecule has 156 valence electrons. The van der Waals surface area contributed by atoms with Crippen LogP contribution in [0.3, 0.4) is 0 Å². The average molecular weight is 399 g/mol. The van der Waals surface area contributed by atoms with Gasteiger partial charge in [-0.25, -0.2) is 4.98 Å². The Balaban J connectivity index is 1.24. The Labute approximate surface area is 172 Å². The Bertz CT molecular complexity index is 786. The van der Waals surface area contributed by atoms with Crippen molar-refractivity contribution in [1.29, 1.82) is 0 Å². The first-order chi connectivity index (χ1) is 14.2. The molecule has 7 nitrogen and oxygen atoms in total. The largest absolute Gasteiger partial charge is 0.447 e. The minimum absolute atomic E-state index is 0.0358. The summed E-state index contributed by atoms with van der Waals surface area (Å²) in [4.78, 5) is 23.8. The number of carbonyl (C=O) groups is 1. The van der Waals surface area contributed by atoms with E-state index in [0.29, 0.717) is 30.7 Å². The van der Waals surface area contributed by atoms with Gasteiger partial charge in [0.1, 0.15) is 6.26 Å². The minimum Gasteiger partial charge on any atom is -0.447 e. The van der Waals surface area contributed by atoms with Crippen LogP contribution in [0.5, 0.6) is 0 Å². The van der Waals surface area contributed by atoms with Crippen LogP contribution in [0.4, 0.5) is 0 Å². The number of carbonyl (C=O) groups excluding carboxylic acids is 1. The molecule has 0 radical (unpaired) electrons. The number of hydrogen-bond donors (Lipinski definition) is 0. The molecule has 7 heteroatoms. The molecule has 3 heterocycles. The van der Waals surface area contributed by atoms with Gasteiger partial charge in [-0.15, -0.1) is 0 Å². The van der Waals surface area contributed by atoms with Crippen LogP contribution in [0, 0.1) is 5.92 Å². The standard InChI is InChI=1S/C22H30N4O3/c1-28-16-19-7-8-26(14-19)22(27)20-17-29-21(23-20)15-25-11-9-24(10-12-25)13-18-5-3-2-4-6-18/h2-6,17,19H,7-16H2,1H3. The highest BCUT2D eigenvalue weighted by Crippen LogP contribution is 2.19. The fourth-order valence-corrected chi connectivity index (χ4v) is 4.17. The Morgan fingerprint density at radius 1 is 1.10 bits per heavy atom. The van der Waals surface area contributed by atoms with E-state index in [9.17, 15) is 4.79 Å². The molecule has 1 aromatic heterocycles. The van der Waals surface area contributed by atoms with Crippen molar-refractivity contribution in [3.8, 4) is 0 Å². The second kappa shape index (κ2) is 9.52. The quantitative estimate of drug-likeness (QED) is 0.712. The molecule has 1 atom stereocenters. The molecule has 0 N–H and O–H groups in total. The number of aromatic nitrogens is 1. The maximum Gasteiger partial charge on any atom is 0.275 e.